The summed E-state index contributed by atoms with van der Waals surface area (Å²) >= 11 is 10.4. The van der Waals surface area contributed by atoms with Crippen molar-refractivity contribution >= 4 is 59.2 Å². The minimum absolute atomic E-state index is 0.0191. The number of carbonyl (C=O) groups excluding carboxylic acids is 3. The fourth-order valence-corrected chi connectivity index (χ4v) is 4.62. The average Bonchev–Trinajstić information content (AvgIpc) is 3.34. The zero-order valence-electron chi connectivity index (χ0n) is 20.4. The Balaban J connectivity index is 1.99. The van der Waals surface area contributed by atoms with E-state index in [-0.39, 0.29) is 18.9 Å². The normalized spacial score (nSPS) is 12.6. The van der Waals surface area contributed by atoms with Crippen molar-refractivity contribution in [2.24, 2.45) is 11.7 Å². The summed E-state index contributed by atoms with van der Waals surface area (Å²) in [7, 11) is 0. The Morgan fingerprint density at radius 3 is 2.16 bits per heavy atom. The van der Waals surface area contributed by atoms with Gasteiger partial charge in [-0.2, -0.15) is 12.6 Å². The second kappa shape index (κ2) is 13.5. The van der Waals surface area contributed by atoms with Crippen LogP contribution in [0, 0.1) is 9.87 Å². The molecule has 2 atom stereocenters. The maximum atomic E-state index is 14.1. The zero-order chi connectivity index (χ0) is 26.9. The molecule has 0 saturated carbocycles. The molecule has 2 aromatic carbocycles. The van der Waals surface area contributed by atoms with Crippen molar-refractivity contribution in [2.75, 3.05) is 10.7 Å². The number of nitrogens with two attached hydrogens (primary N) is 1. The number of amides is 3. The number of rotatable bonds is 10. The lowest BCUT2D eigenvalue weighted by Gasteiger charge is -2.35. The van der Waals surface area contributed by atoms with Crippen LogP contribution in [-0.2, 0) is 27.5 Å². The standard InChI is InChI=1S/C25H29N5O4S3/c1-16(2)20(22(32)29(23-27-28-24(36)37-23)13-17-9-5-3-6-10-17)30(21(31)19(26)15-35)25(33)34-14-18-11-7-4-8-12-18/h3-12,16,19-20,35H,13-15,26H2,1-2H3,(H,28,36)/t19?,20-/m0/s1. The van der Waals surface area contributed by atoms with Crippen LogP contribution in [0.1, 0.15) is 25.0 Å². The Hall–Kier alpha value is -3.06. The topological polar surface area (TPSA) is 122 Å². The summed E-state index contributed by atoms with van der Waals surface area (Å²) < 4.78 is 5.86. The summed E-state index contributed by atoms with van der Waals surface area (Å²) in [5.41, 5.74) is 7.55. The van der Waals surface area contributed by atoms with Gasteiger partial charge < -0.3 is 10.5 Å². The van der Waals surface area contributed by atoms with E-state index in [1.807, 2.05) is 48.5 Å². The van der Waals surface area contributed by atoms with Crippen LogP contribution < -0.4 is 10.6 Å². The molecule has 1 heterocycles. The molecule has 1 aromatic heterocycles. The van der Waals surface area contributed by atoms with Gasteiger partial charge >= 0.3 is 6.09 Å². The van der Waals surface area contributed by atoms with E-state index in [1.54, 1.807) is 26.0 Å². The second-order valence-electron chi connectivity index (χ2n) is 8.53. The minimum Gasteiger partial charge on any atom is -0.444 e. The van der Waals surface area contributed by atoms with Gasteiger partial charge in [0.1, 0.15) is 12.6 Å². The summed E-state index contributed by atoms with van der Waals surface area (Å²) in [5.74, 6) is -1.77. The van der Waals surface area contributed by atoms with Crippen molar-refractivity contribution in [3.8, 4) is 0 Å². The molecule has 12 heteroatoms. The Morgan fingerprint density at radius 2 is 1.65 bits per heavy atom. The SMILES string of the molecule is CC(C)[C@@H](C(=O)N(Cc1ccccc1)c1n[nH]c(=S)s1)N(C(=O)OCc1ccccc1)C(=O)C(N)CS. The number of ether oxygens (including phenoxy) is 1. The van der Waals surface area contributed by atoms with Crippen molar-refractivity contribution in [3.05, 3.63) is 75.7 Å². The maximum Gasteiger partial charge on any atom is 0.417 e. The first-order valence-electron chi connectivity index (χ1n) is 11.5. The summed E-state index contributed by atoms with van der Waals surface area (Å²) in [6.07, 6.45) is -0.965. The van der Waals surface area contributed by atoms with Gasteiger partial charge in [-0.25, -0.2) is 9.69 Å². The number of imide groups is 1. The third-order valence-electron chi connectivity index (χ3n) is 5.42. The number of hydrogen-bond acceptors (Lipinski definition) is 9. The first-order valence-corrected chi connectivity index (χ1v) is 13.4. The lowest BCUT2D eigenvalue weighted by atomic mass is 10.00. The maximum absolute atomic E-state index is 14.1. The molecule has 37 heavy (non-hydrogen) atoms. The van der Waals surface area contributed by atoms with Crippen LogP contribution in [0.3, 0.4) is 0 Å². The first kappa shape index (κ1) is 28.5. The molecule has 0 aliphatic rings. The molecule has 3 amide bonds. The number of H-pyrrole nitrogens is 1. The van der Waals surface area contributed by atoms with Gasteiger partial charge in [0, 0.05) is 5.75 Å². The Bertz CT molecular complexity index is 1250. The summed E-state index contributed by atoms with van der Waals surface area (Å²) in [4.78, 5) is 43.0. The lowest BCUT2D eigenvalue weighted by Crippen LogP contribution is -2.59. The highest BCUT2D eigenvalue weighted by atomic mass is 32.1. The number of carbonyl (C=O) groups is 3. The quantitative estimate of drug-likeness (QED) is 0.252. The molecular weight excluding hydrogens is 531 g/mol. The number of nitrogens with zero attached hydrogens (tertiary/aromatic N) is 3. The smallest absolute Gasteiger partial charge is 0.417 e. The molecule has 3 N–H and O–H groups in total. The van der Waals surface area contributed by atoms with E-state index < -0.39 is 35.9 Å². The van der Waals surface area contributed by atoms with Crippen molar-refractivity contribution in [1.29, 1.82) is 0 Å². The third-order valence-corrected chi connectivity index (χ3v) is 6.93. The Kier molecular flexibility index (Phi) is 10.4. The summed E-state index contributed by atoms with van der Waals surface area (Å²) in [6.45, 7) is 3.56. The van der Waals surface area contributed by atoms with Gasteiger partial charge in [0.05, 0.1) is 12.6 Å². The van der Waals surface area contributed by atoms with Gasteiger partial charge in [-0.3, -0.25) is 19.6 Å². The number of benzene rings is 2. The van der Waals surface area contributed by atoms with Crippen LogP contribution >= 0.6 is 36.2 Å². The molecule has 0 spiro atoms. The van der Waals surface area contributed by atoms with Crippen LogP contribution in [0.4, 0.5) is 9.93 Å². The summed E-state index contributed by atoms with van der Waals surface area (Å²) in [5, 5.41) is 7.19. The monoisotopic (exact) mass is 559 g/mol. The fraction of sp³-hybridized carbons (Fsp3) is 0.320. The summed E-state index contributed by atoms with van der Waals surface area (Å²) in [6, 6.07) is 16.0. The highest BCUT2D eigenvalue weighted by Gasteiger charge is 2.42. The van der Waals surface area contributed by atoms with Gasteiger partial charge in [-0.15, -0.1) is 5.10 Å². The second-order valence-corrected chi connectivity index (χ2v) is 10.5. The van der Waals surface area contributed by atoms with E-state index in [4.69, 9.17) is 22.7 Å². The highest BCUT2D eigenvalue weighted by molar-refractivity contribution is 7.80. The Morgan fingerprint density at radius 1 is 1.05 bits per heavy atom. The number of anilines is 1. The largest absolute Gasteiger partial charge is 0.444 e. The van der Waals surface area contributed by atoms with Gasteiger partial charge in [0.15, 0.2) is 3.95 Å². The predicted octanol–water partition coefficient (Wildman–Crippen LogP) is 4.18. The van der Waals surface area contributed by atoms with Gasteiger partial charge in [-0.1, -0.05) is 85.8 Å². The van der Waals surface area contributed by atoms with Crippen molar-refractivity contribution in [1.82, 2.24) is 15.1 Å². The van der Waals surface area contributed by atoms with E-state index >= 15 is 0 Å². The van der Waals surface area contributed by atoms with Crippen LogP contribution in [0.15, 0.2) is 60.7 Å². The van der Waals surface area contributed by atoms with Crippen LogP contribution in [0.2, 0.25) is 0 Å². The number of thiol groups is 1. The molecule has 196 valence electrons. The molecule has 9 nitrogen and oxygen atoms in total. The molecule has 0 radical (unpaired) electrons. The number of aromatic amines is 1. The Labute approximate surface area is 230 Å². The van der Waals surface area contributed by atoms with Gasteiger partial charge in [0.25, 0.3) is 5.91 Å². The lowest BCUT2D eigenvalue weighted by molar-refractivity contribution is -0.139. The van der Waals surface area contributed by atoms with Crippen molar-refractivity contribution in [3.63, 3.8) is 0 Å². The van der Waals surface area contributed by atoms with E-state index in [2.05, 4.69) is 22.8 Å². The van der Waals surface area contributed by atoms with Crippen LogP contribution in [0.25, 0.3) is 0 Å². The predicted molar refractivity (Wildman–Crippen MR) is 149 cm³/mol. The highest BCUT2D eigenvalue weighted by Crippen LogP contribution is 2.25. The fourth-order valence-electron chi connectivity index (χ4n) is 3.58. The molecule has 0 fully saturated rings. The first-order chi connectivity index (χ1) is 17.7. The van der Waals surface area contributed by atoms with E-state index in [0.717, 1.165) is 27.4 Å². The molecule has 3 rings (SSSR count). The van der Waals surface area contributed by atoms with Gasteiger partial charge in [-0.05, 0) is 29.3 Å². The molecule has 0 saturated heterocycles. The number of hydrogen-bond donors (Lipinski definition) is 3. The molecular formula is C25H29N5O4S3. The minimum atomic E-state index is -1.22. The number of nitrogens with one attached hydrogen (secondary N) is 1. The van der Waals surface area contributed by atoms with Crippen LogP contribution in [-0.4, -0.2) is 50.8 Å². The molecule has 0 bridgehead atoms. The van der Waals surface area contributed by atoms with Crippen molar-refractivity contribution < 1.29 is 19.1 Å². The van der Waals surface area contributed by atoms with E-state index in [1.165, 1.54) is 4.90 Å². The number of aromatic nitrogens is 2. The van der Waals surface area contributed by atoms with Crippen LogP contribution in [0.5, 0.6) is 0 Å². The molecule has 0 aliphatic carbocycles. The average molecular weight is 560 g/mol. The molecule has 0 aliphatic heterocycles. The van der Waals surface area contributed by atoms with E-state index in [9.17, 15) is 14.4 Å². The third kappa shape index (κ3) is 7.48. The molecule has 3 aromatic rings. The molecule has 1 unspecified atom stereocenters. The van der Waals surface area contributed by atoms with Gasteiger partial charge in [0.2, 0.25) is 11.0 Å². The zero-order valence-corrected chi connectivity index (χ0v) is 23.0. The van der Waals surface area contributed by atoms with Crippen molar-refractivity contribution in [2.45, 2.75) is 39.1 Å². The van der Waals surface area contributed by atoms with E-state index in [0.29, 0.717) is 9.09 Å².